The van der Waals surface area contributed by atoms with Gasteiger partial charge in [0.15, 0.2) is 0 Å². The Bertz CT molecular complexity index is 524. The molecule has 1 aliphatic rings. The molecule has 0 saturated heterocycles. The van der Waals surface area contributed by atoms with Crippen LogP contribution in [0.25, 0.3) is 0 Å². The average molecular weight is 327 g/mol. The van der Waals surface area contributed by atoms with E-state index >= 15 is 0 Å². The maximum absolute atomic E-state index is 12.1. The minimum atomic E-state index is -0.231. The molecular formula is C16H23ClN2O3. The number of methoxy groups -OCH3 is 1. The van der Waals surface area contributed by atoms with E-state index in [0.717, 1.165) is 25.8 Å². The van der Waals surface area contributed by atoms with Gasteiger partial charge in [0, 0.05) is 12.2 Å². The molecular weight excluding hydrogens is 304 g/mol. The van der Waals surface area contributed by atoms with Crippen molar-refractivity contribution in [1.82, 2.24) is 4.90 Å². The molecule has 122 valence electrons. The molecule has 1 amide bonds. The fourth-order valence-corrected chi connectivity index (χ4v) is 3.14. The molecule has 22 heavy (non-hydrogen) atoms. The first-order valence-electron chi connectivity index (χ1n) is 7.49. The topological polar surface area (TPSA) is 61.8 Å². The Morgan fingerprint density at radius 1 is 1.50 bits per heavy atom. The summed E-state index contributed by atoms with van der Waals surface area (Å²) in [5.74, 6) is 0.747. The van der Waals surface area contributed by atoms with Crippen molar-refractivity contribution >= 4 is 23.2 Å². The van der Waals surface area contributed by atoms with E-state index in [0.29, 0.717) is 16.5 Å². The second kappa shape index (κ2) is 7.81. The maximum Gasteiger partial charge on any atom is 0.238 e. The number of carbonyl (C=O) groups excluding carboxylic acids is 1. The van der Waals surface area contributed by atoms with Crippen molar-refractivity contribution in [1.29, 1.82) is 0 Å². The smallest absolute Gasteiger partial charge is 0.238 e. The highest BCUT2D eigenvalue weighted by Crippen LogP contribution is 2.27. The second-order valence-electron chi connectivity index (χ2n) is 5.85. The Kier molecular flexibility index (Phi) is 6.06. The third kappa shape index (κ3) is 4.60. The van der Waals surface area contributed by atoms with E-state index in [9.17, 15) is 9.90 Å². The number of benzene rings is 1. The van der Waals surface area contributed by atoms with Crippen LogP contribution in [-0.4, -0.2) is 49.3 Å². The lowest BCUT2D eigenvalue weighted by Crippen LogP contribution is -2.35. The first-order chi connectivity index (χ1) is 10.5. The molecule has 2 atom stereocenters. The zero-order valence-corrected chi connectivity index (χ0v) is 13.8. The van der Waals surface area contributed by atoms with Crippen LogP contribution in [0.3, 0.4) is 0 Å². The van der Waals surface area contributed by atoms with E-state index in [1.165, 1.54) is 0 Å². The van der Waals surface area contributed by atoms with Crippen LogP contribution < -0.4 is 10.1 Å². The lowest BCUT2D eigenvalue weighted by atomic mass is 10.1. The number of aliphatic hydroxyl groups is 1. The predicted molar refractivity (Wildman–Crippen MR) is 87.5 cm³/mol. The molecule has 0 aliphatic heterocycles. The standard InChI is InChI=1S/C16H23ClN2O3/c1-19(9-11-4-3-5-14(11)20)10-16(21)18-12-6-7-15(22-2)13(17)8-12/h6-8,11,14,20H,3-5,9-10H2,1-2H3,(H,18,21). The van der Waals surface area contributed by atoms with Gasteiger partial charge in [0.1, 0.15) is 5.75 Å². The SMILES string of the molecule is COc1ccc(NC(=O)CN(C)CC2CCCC2O)cc1Cl. The Balaban J connectivity index is 1.83. The van der Waals surface area contributed by atoms with E-state index in [-0.39, 0.29) is 24.5 Å². The van der Waals surface area contributed by atoms with Crippen LogP contribution in [0.5, 0.6) is 5.75 Å². The number of halogens is 1. The van der Waals surface area contributed by atoms with Gasteiger partial charge in [-0.15, -0.1) is 0 Å². The normalized spacial score (nSPS) is 21.1. The van der Waals surface area contributed by atoms with E-state index in [1.807, 2.05) is 11.9 Å². The number of carbonyl (C=O) groups is 1. The zero-order valence-electron chi connectivity index (χ0n) is 13.0. The zero-order chi connectivity index (χ0) is 16.1. The van der Waals surface area contributed by atoms with Gasteiger partial charge >= 0.3 is 0 Å². The number of nitrogens with zero attached hydrogens (tertiary/aromatic N) is 1. The monoisotopic (exact) mass is 326 g/mol. The molecule has 2 rings (SSSR count). The van der Waals surface area contributed by atoms with Crippen LogP contribution in [-0.2, 0) is 4.79 Å². The third-order valence-corrected chi connectivity index (χ3v) is 4.31. The lowest BCUT2D eigenvalue weighted by molar-refractivity contribution is -0.117. The van der Waals surface area contributed by atoms with E-state index in [4.69, 9.17) is 16.3 Å². The molecule has 0 spiro atoms. The fraction of sp³-hybridized carbons (Fsp3) is 0.562. The average Bonchev–Trinajstić information content (AvgIpc) is 2.84. The number of ether oxygens (including phenoxy) is 1. The molecule has 1 aromatic carbocycles. The summed E-state index contributed by atoms with van der Waals surface area (Å²) in [6.45, 7) is 1.02. The highest BCUT2D eigenvalue weighted by Gasteiger charge is 2.26. The Labute approximate surface area is 136 Å². The highest BCUT2D eigenvalue weighted by molar-refractivity contribution is 6.32. The lowest BCUT2D eigenvalue weighted by Gasteiger charge is -2.22. The first-order valence-corrected chi connectivity index (χ1v) is 7.87. The first kappa shape index (κ1) is 17.1. The molecule has 1 aliphatic carbocycles. The quantitative estimate of drug-likeness (QED) is 0.842. The summed E-state index contributed by atoms with van der Waals surface area (Å²) in [6, 6.07) is 5.14. The van der Waals surface area contributed by atoms with Gasteiger partial charge in [0.05, 0.1) is 24.8 Å². The molecule has 1 aromatic rings. The van der Waals surface area contributed by atoms with E-state index in [2.05, 4.69) is 5.32 Å². The van der Waals surface area contributed by atoms with Gasteiger partial charge in [0.2, 0.25) is 5.91 Å². The van der Waals surface area contributed by atoms with Gasteiger partial charge in [-0.3, -0.25) is 9.69 Å². The van der Waals surface area contributed by atoms with Gasteiger partial charge in [-0.05, 0) is 44.0 Å². The van der Waals surface area contributed by atoms with Crippen molar-refractivity contribution in [3.05, 3.63) is 23.2 Å². The Morgan fingerprint density at radius 3 is 2.86 bits per heavy atom. The molecule has 1 saturated carbocycles. The van der Waals surface area contributed by atoms with Gasteiger partial charge < -0.3 is 15.2 Å². The Morgan fingerprint density at radius 2 is 2.27 bits per heavy atom. The van der Waals surface area contributed by atoms with Crippen molar-refractivity contribution < 1.29 is 14.6 Å². The largest absolute Gasteiger partial charge is 0.495 e. The molecule has 5 nitrogen and oxygen atoms in total. The van der Waals surface area contributed by atoms with Gasteiger partial charge in [-0.25, -0.2) is 0 Å². The molecule has 2 N–H and O–H groups in total. The van der Waals surface area contributed by atoms with Crippen LogP contribution in [0.2, 0.25) is 5.02 Å². The maximum atomic E-state index is 12.1. The van der Waals surface area contributed by atoms with Crippen LogP contribution in [0.4, 0.5) is 5.69 Å². The minimum Gasteiger partial charge on any atom is -0.495 e. The number of hydrogen-bond donors (Lipinski definition) is 2. The van der Waals surface area contributed by atoms with Gasteiger partial charge in [-0.1, -0.05) is 18.0 Å². The number of likely N-dealkylation sites (N-methyl/N-ethyl adjacent to an activating group) is 1. The number of hydrogen-bond acceptors (Lipinski definition) is 4. The number of amides is 1. The molecule has 0 bridgehead atoms. The van der Waals surface area contributed by atoms with Crippen LogP contribution >= 0.6 is 11.6 Å². The predicted octanol–water partition coefficient (Wildman–Crippen LogP) is 2.38. The Hall–Kier alpha value is -1.30. The summed E-state index contributed by atoms with van der Waals surface area (Å²) in [7, 11) is 3.44. The van der Waals surface area contributed by atoms with Crippen LogP contribution in [0.1, 0.15) is 19.3 Å². The molecule has 0 radical (unpaired) electrons. The highest BCUT2D eigenvalue weighted by atomic mass is 35.5. The summed E-state index contributed by atoms with van der Waals surface area (Å²) >= 11 is 6.03. The number of anilines is 1. The number of rotatable bonds is 6. The minimum absolute atomic E-state index is 0.101. The molecule has 1 fully saturated rings. The summed E-state index contributed by atoms with van der Waals surface area (Å²) < 4.78 is 5.08. The van der Waals surface area contributed by atoms with E-state index in [1.54, 1.807) is 25.3 Å². The van der Waals surface area contributed by atoms with Crippen molar-refractivity contribution in [3.63, 3.8) is 0 Å². The molecule has 0 heterocycles. The number of nitrogens with one attached hydrogen (secondary N) is 1. The third-order valence-electron chi connectivity index (χ3n) is 4.01. The summed E-state index contributed by atoms with van der Waals surface area (Å²) in [5, 5.41) is 13.1. The van der Waals surface area contributed by atoms with E-state index < -0.39 is 0 Å². The number of aliphatic hydroxyl groups excluding tert-OH is 1. The van der Waals surface area contributed by atoms with Crippen molar-refractivity contribution in [2.75, 3.05) is 32.6 Å². The van der Waals surface area contributed by atoms with Gasteiger partial charge in [-0.2, -0.15) is 0 Å². The van der Waals surface area contributed by atoms with Gasteiger partial charge in [0.25, 0.3) is 0 Å². The van der Waals surface area contributed by atoms with Crippen molar-refractivity contribution in [2.45, 2.75) is 25.4 Å². The summed E-state index contributed by atoms with van der Waals surface area (Å²) in [5.41, 5.74) is 0.644. The van der Waals surface area contributed by atoms with Crippen LogP contribution in [0.15, 0.2) is 18.2 Å². The fourth-order valence-electron chi connectivity index (χ4n) is 2.88. The summed E-state index contributed by atoms with van der Waals surface area (Å²) in [4.78, 5) is 14.0. The van der Waals surface area contributed by atoms with Crippen LogP contribution in [0, 0.1) is 5.92 Å². The molecule has 2 unspecified atom stereocenters. The second-order valence-corrected chi connectivity index (χ2v) is 6.26. The van der Waals surface area contributed by atoms with Crippen molar-refractivity contribution in [3.8, 4) is 5.75 Å². The van der Waals surface area contributed by atoms with Crippen molar-refractivity contribution in [2.24, 2.45) is 5.92 Å². The molecule has 0 aromatic heterocycles. The molecule has 6 heteroatoms. The summed E-state index contributed by atoms with van der Waals surface area (Å²) in [6.07, 6.45) is 2.73.